The number of halogens is 1. The Morgan fingerprint density at radius 2 is 1.84 bits per heavy atom. The maximum atomic E-state index is 13.3. The number of aryl methyl sites for hydroxylation is 2. The van der Waals surface area contributed by atoms with Crippen LogP contribution in [0.1, 0.15) is 44.6 Å². The number of benzene rings is 2. The average Bonchev–Trinajstić information content (AvgIpc) is 3.36. The minimum absolute atomic E-state index is 0.238. The minimum Gasteiger partial charge on any atom is -0.444 e. The molecule has 0 aliphatic rings. The van der Waals surface area contributed by atoms with Crippen LogP contribution in [-0.2, 0) is 16.6 Å². The van der Waals surface area contributed by atoms with E-state index in [0.717, 1.165) is 38.5 Å². The highest BCUT2D eigenvalue weighted by atomic mass is 35.5. The Kier molecular flexibility index (Phi) is 8.31. The van der Waals surface area contributed by atoms with Gasteiger partial charge in [-0.3, -0.25) is 19.4 Å². The number of rotatable bonds is 4. The summed E-state index contributed by atoms with van der Waals surface area (Å²) >= 11 is 6.98. The molecule has 5 rings (SSSR count). The van der Waals surface area contributed by atoms with Crippen LogP contribution in [-0.4, -0.2) is 55.3 Å². The van der Waals surface area contributed by atoms with Crippen molar-refractivity contribution in [2.75, 3.05) is 12.4 Å². The van der Waals surface area contributed by atoms with Crippen LogP contribution in [0.3, 0.4) is 0 Å². The van der Waals surface area contributed by atoms with E-state index in [-0.39, 0.29) is 11.5 Å². The predicted octanol–water partition coefficient (Wildman–Crippen LogP) is 6.74. The summed E-state index contributed by atoms with van der Waals surface area (Å²) in [6.45, 7) is 8.89. The molecule has 3 heterocycles. The lowest BCUT2D eigenvalue weighted by Crippen LogP contribution is -2.45. The van der Waals surface area contributed by atoms with Gasteiger partial charge in [-0.15, -0.1) is 0 Å². The summed E-state index contributed by atoms with van der Waals surface area (Å²) in [5, 5.41) is 10.6. The number of likely N-dealkylation sites (N-methyl/N-ethyl adjacent to an activating group) is 1. The van der Waals surface area contributed by atoms with Crippen molar-refractivity contribution in [3.8, 4) is 23.0 Å². The van der Waals surface area contributed by atoms with E-state index in [1.165, 1.54) is 11.9 Å². The Hall–Kier alpha value is -4.94. The molecule has 0 fully saturated rings. The van der Waals surface area contributed by atoms with Crippen LogP contribution in [0.5, 0.6) is 0 Å². The molecule has 10 heteroatoms. The first kappa shape index (κ1) is 30.5. The van der Waals surface area contributed by atoms with Crippen LogP contribution >= 0.6 is 11.6 Å². The molecule has 44 heavy (non-hydrogen) atoms. The summed E-state index contributed by atoms with van der Waals surface area (Å²) in [5.41, 5.74) is 3.61. The van der Waals surface area contributed by atoms with E-state index >= 15 is 0 Å². The normalized spacial score (nSPS) is 12.0. The zero-order valence-corrected chi connectivity index (χ0v) is 26.4. The second-order valence-electron chi connectivity index (χ2n) is 11.6. The van der Waals surface area contributed by atoms with E-state index in [2.05, 4.69) is 32.2 Å². The molecule has 0 saturated carbocycles. The van der Waals surface area contributed by atoms with Gasteiger partial charge in [0.25, 0.3) is 0 Å². The van der Waals surface area contributed by atoms with Gasteiger partial charge in [-0.1, -0.05) is 41.8 Å². The van der Waals surface area contributed by atoms with Crippen molar-refractivity contribution >= 4 is 51.1 Å². The zero-order valence-electron chi connectivity index (χ0n) is 25.7. The van der Waals surface area contributed by atoms with Gasteiger partial charge >= 0.3 is 6.09 Å². The first-order chi connectivity index (χ1) is 20.8. The monoisotopic (exact) mass is 608 g/mol. The number of para-hydroxylation sites is 1. The number of carbonyl (C=O) groups excluding carboxylic acids is 2. The van der Waals surface area contributed by atoms with Crippen molar-refractivity contribution in [1.29, 1.82) is 0 Å². The van der Waals surface area contributed by atoms with Gasteiger partial charge in [-0.2, -0.15) is 5.10 Å². The van der Waals surface area contributed by atoms with Gasteiger partial charge in [0.2, 0.25) is 5.91 Å². The lowest BCUT2D eigenvalue weighted by atomic mass is 10.0. The van der Waals surface area contributed by atoms with Gasteiger partial charge in [0.15, 0.2) is 0 Å². The molecule has 224 valence electrons. The number of pyridine rings is 2. The summed E-state index contributed by atoms with van der Waals surface area (Å²) in [6.07, 6.45) is 2.94. The number of nitrogens with zero attached hydrogens (tertiary/aromatic N) is 5. The van der Waals surface area contributed by atoms with E-state index in [1.807, 2.05) is 56.4 Å². The quantitative estimate of drug-likeness (QED) is 0.227. The highest BCUT2D eigenvalue weighted by molar-refractivity contribution is 6.34. The summed E-state index contributed by atoms with van der Waals surface area (Å²) in [7, 11) is 3.37. The fraction of sp³-hybridized carbons (Fsp3) is 0.265. The second kappa shape index (κ2) is 12.0. The van der Waals surface area contributed by atoms with E-state index in [9.17, 15) is 9.59 Å². The van der Waals surface area contributed by atoms with E-state index in [4.69, 9.17) is 16.3 Å². The highest BCUT2D eigenvalue weighted by Gasteiger charge is 2.27. The molecule has 0 radical (unpaired) electrons. The van der Waals surface area contributed by atoms with Crippen molar-refractivity contribution in [2.45, 2.75) is 46.3 Å². The molecule has 2 amide bonds. The Labute approximate surface area is 261 Å². The summed E-state index contributed by atoms with van der Waals surface area (Å²) < 4.78 is 7.20. The number of hydrogen-bond donors (Lipinski definition) is 1. The molecule has 5 aromatic rings. The lowest BCUT2D eigenvalue weighted by molar-refractivity contribution is -0.120. The maximum absolute atomic E-state index is 13.3. The largest absolute Gasteiger partial charge is 0.444 e. The van der Waals surface area contributed by atoms with Crippen LogP contribution < -0.4 is 5.32 Å². The number of aromatic nitrogens is 4. The van der Waals surface area contributed by atoms with Crippen molar-refractivity contribution in [3.05, 3.63) is 82.9 Å². The van der Waals surface area contributed by atoms with Crippen LogP contribution in [0.15, 0.2) is 60.9 Å². The Morgan fingerprint density at radius 3 is 2.59 bits per heavy atom. The fourth-order valence-corrected chi connectivity index (χ4v) is 5.01. The minimum atomic E-state index is -0.851. The molecule has 1 atom stereocenters. The van der Waals surface area contributed by atoms with Crippen molar-refractivity contribution in [2.24, 2.45) is 7.05 Å². The van der Waals surface area contributed by atoms with Crippen molar-refractivity contribution < 1.29 is 14.3 Å². The Balaban J connectivity index is 1.56. The van der Waals surface area contributed by atoms with Gasteiger partial charge in [-0.05, 0) is 70.2 Å². The van der Waals surface area contributed by atoms with E-state index in [1.54, 1.807) is 50.8 Å². The first-order valence-corrected chi connectivity index (χ1v) is 14.5. The van der Waals surface area contributed by atoms with Gasteiger partial charge in [0, 0.05) is 53.4 Å². The molecule has 0 aliphatic heterocycles. The smallest absolute Gasteiger partial charge is 0.410 e. The van der Waals surface area contributed by atoms with Crippen LogP contribution in [0, 0.1) is 18.8 Å². The van der Waals surface area contributed by atoms with E-state index < -0.39 is 23.6 Å². The number of fused-ring (bicyclic) bond motifs is 2. The summed E-state index contributed by atoms with van der Waals surface area (Å²) in [5.74, 6) is 6.08. The topological polar surface area (TPSA) is 102 Å². The summed E-state index contributed by atoms with van der Waals surface area (Å²) in [4.78, 5) is 36.2. The van der Waals surface area contributed by atoms with Gasteiger partial charge < -0.3 is 10.1 Å². The lowest BCUT2D eigenvalue weighted by Gasteiger charge is -2.28. The zero-order chi connectivity index (χ0) is 31.8. The van der Waals surface area contributed by atoms with E-state index in [0.29, 0.717) is 10.6 Å². The molecule has 1 unspecified atom stereocenters. The molecule has 0 spiro atoms. The molecule has 9 nitrogen and oxygen atoms in total. The third kappa shape index (κ3) is 6.36. The first-order valence-electron chi connectivity index (χ1n) is 14.1. The Bertz CT molecular complexity index is 1980. The molecular formula is C34H33ClN6O3. The van der Waals surface area contributed by atoms with Crippen LogP contribution in [0.25, 0.3) is 32.8 Å². The molecule has 0 bridgehead atoms. The highest BCUT2D eigenvalue weighted by Crippen LogP contribution is 2.36. The summed E-state index contributed by atoms with van der Waals surface area (Å²) in [6, 6.07) is 14.5. The number of carbonyl (C=O) groups is 2. The average molecular weight is 609 g/mol. The number of hydrogen-bond acceptors (Lipinski definition) is 6. The molecule has 2 aromatic carbocycles. The number of anilines is 1. The van der Waals surface area contributed by atoms with Crippen LogP contribution in [0.2, 0.25) is 5.02 Å². The number of nitrogens with one attached hydrogen (secondary N) is 1. The van der Waals surface area contributed by atoms with Crippen LogP contribution in [0.4, 0.5) is 10.6 Å². The molecule has 0 aliphatic carbocycles. The molecule has 0 saturated heterocycles. The Morgan fingerprint density at radius 1 is 1.07 bits per heavy atom. The molecule has 1 N–H and O–H groups in total. The predicted molar refractivity (Wildman–Crippen MR) is 174 cm³/mol. The standard InChI is InChI=1S/C34H33ClN6O3/c1-20-25-13-11-22(17-23(25)15-16-36-20)12-14-28-30(35)27(26-10-8-9-24-19-37-41(7)31(24)26)18-29(38-28)39-32(42)21(2)40(6)33(43)44-34(3,4)5/h8-11,13,15-19,21H,1-7H3,(H,38,39,42). The molecule has 3 aromatic heterocycles. The van der Waals surface area contributed by atoms with Gasteiger partial charge in [0.1, 0.15) is 23.2 Å². The van der Waals surface area contributed by atoms with Crippen molar-refractivity contribution in [3.63, 3.8) is 0 Å². The third-order valence-electron chi connectivity index (χ3n) is 7.19. The SMILES string of the molecule is Cc1nccc2cc(C#Cc3nc(NC(=O)C(C)N(C)C(=O)OC(C)(C)C)cc(-c4cccc5cnn(C)c45)c3Cl)ccc12. The van der Waals surface area contributed by atoms with Gasteiger partial charge in [0.05, 0.1) is 16.7 Å². The van der Waals surface area contributed by atoms with Crippen molar-refractivity contribution in [1.82, 2.24) is 24.6 Å². The fourth-order valence-electron chi connectivity index (χ4n) is 4.76. The third-order valence-corrected chi connectivity index (χ3v) is 7.57. The van der Waals surface area contributed by atoms with Gasteiger partial charge in [-0.25, -0.2) is 9.78 Å². The molecular weight excluding hydrogens is 576 g/mol. The second-order valence-corrected chi connectivity index (χ2v) is 11.9. The maximum Gasteiger partial charge on any atom is 0.410 e. The number of ether oxygens (including phenoxy) is 1. The number of amides is 2.